The molecule has 2 atom stereocenters. The maximum absolute atomic E-state index is 11.7. The Morgan fingerprint density at radius 2 is 1.95 bits per heavy atom. The molecule has 0 heterocycles. The molecule has 1 fully saturated rings. The highest BCUT2D eigenvalue weighted by atomic mass is 32.2. The topological polar surface area (TPSA) is 89.3 Å². The predicted molar refractivity (Wildman–Crippen MR) is 81.2 cm³/mol. The van der Waals surface area contributed by atoms with Gasteiger partial charge in [0.05, 0.1) is 4.92 Å². The van der Waals surface area contributed by atoms with Crippen LogP contribution in [0.25, 0.3) is 0 Å². The van der Waals surface area contributed by atoms with Crippen LogP contribution in [0, 0.1) is 16.0 Å². The second-order valence-corrected chi connectivity index (χ2v) is 7.68. The van der Waals surface area contributed by atoms with Crippen molar-refractivity contribution in [3.8, 4) is 0 Å². The van der Waals surface area contributed by atoms with E-state index in [1.807, 2.05) is 0 Å². The van der Waals surface area contributed by atoms with Gasteiger partial charge in [-0.3, -0.25) is 10.1 Å². The molecule has 1 N–H and O–H groups in total. The van der Waals surface area contributed by atoms with Crippen molar-refractivity contribution in [3.05, 3.63) is 28.3 Å². The number of sulfone groups is 1. The van der Waals surface area contributed by atoms with Gasteiger partial charge in [-0.25, -0.2) is 8.42 Å². The summed E-state index contributed by atoms with van der Waals surface area (Å²) in [6.45, 7) is 2.11. The van der Waals surface area contributed by atoms with Crippen molar-refractivity contribution in [2.75, 3.05) is 11.6 Å². The van der Waals surface area contributed by atoms with Gasteiger partial charge in [-0.05, 0) is 30.9 Å². The van der Waals surface area contributed by atoms with Gasteiger partial charge in [0.1, 0.15) is 10.6 Å². The lowest BCUT2D eigenvalue weighted by atomic mass is 9.86. The summed E-state index contributed by atoms with van der Waals surface area (Å²) in [7, 11) is -3.64. The zero-order valence-electron chi connectivity index (χ0n) is 12.2. The number of nitrogens with zero attached hydrogens (tertiary/aromatic N) is 1. The van der Waals surface area contributed by atoms with E-state index in [2.05, 4.69) is 12.2 Å². The van der Waals surface area contributed by atoms with E-state index in [0.29, 0.717) is 11.6 Å². The molecule has 0 amide bonds. The molecule has 2 unspecified atom stereocenters. The molecular formula is C14H20N2O4S. The van der Waals surface area contributed by atoms with Crippen LogP contribution >= 0.6 is 0 Å². The Kier molecular flexibility index (Phi) is 4.51. The Morgan fingerprint density at radius 3 is 2.52 bits per heavy atom. The zero-order chi connectivity index (χ0) is 15.6. The molecule has 1 aromatic carbocycles. The predicted octanol–water partition coefficient (Wildman–Crippen LogP) is 2.99. The van der Waals surface area contributed by atoms with Crippen molar-refractivity contribution >= 4 is 21.2 Å². The van der Waals surface area contributed by atoms with E-state index in [4.69, 9.17) is 0 Å². The molecule has 0 radical (unpaired) electrons. The van der Waals surface area contributed by atoms with E-state index in [9.17, 15) is 18.5 Å². The van der Waals surface area contributed by atoms with Crippen LogP contribution in [0.1, 0.15) is 32.6 Å². The lowest BCUT2D eigenvalue weighted by Crippen LogP contribution is -2.30. The minimum absolute atomic E-state index is 0.146. The molecule has 1 aliphatic rings. The first-order chi connectivity index (χ1) is 9.80. The molecule has 0 bridgehead atoms. The fourth-order valence-electron chi connectivity index (χ4n) is 2.86. The Balaban J connectivity index is 2.41. The van der Waals surface area contributed by atoms with Gasteiger partial charge in [0.15, 0.2) is 9.84 Å². The Labute approximate surface area is 124 Å². The van der Waals surface area contributed by atoms with Crippen LogP contribution in [-0.4, -0.2) is 25.6 Å². The Hall–Kier alpha value is -1.63. The zero-order valence-corrected chi connectivity index (χ0v) is 13.0. The first kappa shape index (κ1) is 15.8. The fraction of sp³-hybridized carbons (Fsp3) is 0.571. The summed E-state index contributed by atoms with van der Waals surface area (Å²) in [4.78, 5) is 10.5. The van der Waals surface area contributed by atoms with Crippen molar-refractivity contribution < 1.29 is 13.3 Å². The van der Waals surface area contributed by atoms with E-state index in [1.54, 1.807) is 12.1 Å². The molecule has 21 heavy (non-hydrogen) atoms. The number of hydrogen-bond acceptors (Lipinski definition) is 5. The molecule has 7 heteroatoms. The average Bonchev–Trinajstić information content (AvgIpc) is 2.40. The van der Waals surface area contributed by atoms with Crippen LogP contribution in [0.15, 0.2) is 23.1 Å². The first-order valence-electron chi connectivity index (χ1n) is 7.04. The van der Waals surface area contributed by atoms with Gasteiger partial charge in [-0.2, -0.15) is 0 Å². The van der Waals surface area contributed by atoms with Crippen LogP contribution < -0.4 is 5.32 Å². The van der Waals surface area contributed by atoms with Gasteiger partial charge in [0.25, 0.3) is 0 Å². The number of anilines is 1. The van der Waals surface area contributed by atoms with E-state index < -0.39 is 14.8 Å². The van der Waals surface area contributed by atoms with Crippen molar-refractivity contribution in [2.24, 2.45) is 5.92 Å². The summed E-state index contributed by atoms with van der Waals surface area (Å²) < 4.78 is 23.5. The molecule has 1 aromatic rings. The molecule has 0 spiro atoms. The van der Waals surface area contributed by atoms with E-state index in [-0.39, 0.29) is 16.6 Å². The molecule has 0 saturated heterocycles. The average molecular weight is 312 g/mol. The largest absolute Gasteiger partial charge is 0.376 e. The molecule has 1 saturated carbocycles. The van der Waals surface area contributed by atoms with E-state index >= 15 is 0 Å². The Morgan fingerprint density at radius 1 is 1.29 bits per heavy atom. The Bertz CT molecular complexity index is 642. The van der Waals surface area contributed by atoms with Crippen molar-refractivity contribution in [3.63, 3.8) is 0 Å². The molecule has 0 aliphatic heterocycles. The normalized spacial score (nSPS) is 22.8. The molecule has 116 valence electrons. The summed E-state index contributed by atoms with van der Waals surface area (Å²) >= 11 is 0. The highest BCUT2D eigenvalue weighted by molar-refractivity contribution is 7.90. The van der Waals surface area contributed by atoms with Crippen molar-refractivity contribution in [2.45, 2.75) is 43.5 Å². The summed E-state index contributed by atoms with van der Waals surface area (Å²) in [6, 6.07) is 4.54. The van der Waals surface area contributed by atoms with Gasteiger partial charge in [0, 0.05) is 12.3 Å². The van der Waals surface area contributed by atoms with Crippen molar-refractivity contribution in [1.29, 1.82) is 0 Å². The number of hydrogen-bond donors (Lipinski definition) is 1. The molecule has 2 rings (SSSR count). The van der Waals surface area contributed by atoms with Gasteiger partial charge < -0.3 is 5.32 Å². The number of nitro benzene ring substituents is 1. The lowest BCUT2D eigenvalue weighted by Gasteiger charge is -2.30. The van der Waals surface area contributed by atoms with Gasteiger partial charge in [-0.15, -0.1) is 0 Å². The van der Waals surface area contributed by atoms with E-state index in [0.717, 1.165) is 25.5 Å². The third-order valence-electron chi connectivity index (χ3n) is 4.03. The van der Waals surface area contributed by atoms with E-state index in [1.165, 1.54) is 12.5 Å². The number of rotatable bonds is 4. The third-order valence-corrected chi connectivity index (χ3v) is 5.16. The third kappa shape index (κ3) is 3.53. The first-order valence-corrected chi connectivity index (χ1v) is 8.94. The molecule has 0 aromatic heterocycles. The lowest BCUT2D eigenvalue weighted by molar-refractivity contribution is -0.386. The standard InChI is InChI=1S/C14H20N2O4S/c1-10-6-3-4-7-11(10)15-12-8-5-9-13(21(2,19)20)14(12)16(17)18/h5,8-11,15H,3-4,6-7H2,1-2H3. The summed E-state index contributed by atoms with van der Waals surface area (Å²) in [5.74, 6) is 0.417. The van der Waals surface area contributed by atoms with Gasteiger partial charge >= 0.3 is 5.69 Å². The van der Waals surface area contributed by atoms with Gasteiger partial charge in [-0.1, -0.05) is 25.8 Å². The fourth-order valence-corrected chi connectivity index (χ4v) is 3.72. The van der Waals surface area contributed by atoms with Crippen molar-refractivity contribution in [1.82, 2.24) is 0 Å². The summed E-state index contributed by atoms with van der Waals surface area (Å²) in [6.07, 6.45) is 5.27. The molecule has 6 nitrogen and oxygen atoms in total. The maximum atomic E-state index is 11.7. The monoisotopic (exact) mass is 312 g/mol. The highest BCUT2D eigenvalue weighted by Crippen LogP contribution is 2.35. The van der Waals surface area contributed by atoms with Crippen LogP contribution in [0.3, 0.4) is 0 Å². The number of nitro groups is 1. The number of para-hydroxylation sites is 1. The number of nitrogens with one attached hydrogen (secondary N) is 1. The smallest absolute Gasteiger partial charge is 0.310 e. The van der Waals surface area contributed by atoms with Gasteiger partial charge in [0.2, 0.25) is 0 Å². The van der Waals surface area contributed by atoms with Crippen LogP contribution in [0.5, 0.6) is 0 Å². The SMILES string of the molecule is CC1CCCCC1Nc1cccc(S(C)(=O)=O)c1[N+](=O)[O-]. The van der Waals surface area contributed by atoms with Crippen LogP contribution in [0.4, 0.5) is 11.4 Å². The summed E-state index contributed by atoms with van der Waals surface area (Å²) in [5.41, 5.74) is -0.0561. The number of benzene rings is 1. The van der Waals surface area contributed by atoms with Crippen LogP contribution in [-0.2, 0) is 9.84 Å². The highest BCUT2D eigenvalue weighted by Gasteiger charge is 2.29. The second kappa shape index (κ2) is 6.01. The summed E-state index contributed by atoms with van der Waals surface area (Å²) in [5, 5.41) is 14.5. The minimum atomic E-state index is -3.64. The maximum Gasteiger partial charge on any atom is 0.310 e. The second-order valence-electron chi connectivity index (χ2n) is 5.69. The minimum Gasteiger partial charge on any atom is -0.376 e. The quantitative estimate of drug-likeness (QED) is 0.682. The molecule has 1 aliphatic carbocycles. The van der Waals surface area contributed by atoms with Crippen LogP contribution in [0.2, 0.25) is 0 Å². The molecular weight excluding hydrogens is 292 g/mol.